The van der Waals surface area contributed by atoms with Crippen LogP contribution in [0.25, 0.3) is 0 Å². The van der Waals surface area contributed by atoms with Crippen molar-refractivity contribution in [2.45, 2.75) is 13.0 Å². The van der Waals surface area contributed by atoms with Gasteiger partial charge in [0.25, 0.3) is 0 Å². The quantitative estimate of drug-likeness (QED) is 0.490. The van der Waals surface area contributed by atoms with E-state index in [4.69, 9.17) is 5.11 Å². The first-order valence-electron chi connectivity index (χ1n) is 2.52. The molecule has 1 radical (unpaired) electrons. The van der Waals surface area contributed by atoms with E-state index in [-0.39, 0.29) is 0 Å². The number of rotatable bonds is 4. The molecule has 4 nitrogen and oxygen atoms in total. The summed E-state index contributed by atoms with van der Waals surface area (Å²) in [7, 11) is 2.68. The smallest absolute Gasteiger partial charge is 0.396 e. The van der Waals surface area contributed by atoms with Gasteiger partial charge in [-0.05, 0) is 6.92 Å². The maximum absolute atomic E-state index is 10.1. The molecule has 51 valence electrons. The van der Waals surface area contributed by atoms with E-state index in [1.165, 1.54) is 21.7 Å². The van der Waals surface area contributed by atoms with Gasteiger partial charge in [-0.2, -0.15) is 0 Å². The zero-order chi connectivity index (χ0) is 7.28. The Hall–Kier alpha value is -0.545. The van der Waals surface area contributed by atoms with Crippen molar-refractivity contribution in [1.82, 2.24) is 5.23 Å². The maximum atomic E-state index is 10.1. The molecule has 0 aromatic carbocycles. The molecule has 0 bridgehead atoms. The summed E-state index contributed by atoms with van der Waals surface area (Å²) in [5.41, 5.74) is 0. The van der Waals surface area contributed by atoms with Gasteiger partial charge in [0.15, 0.2) is 0 Å². The van der Waals surface area contributed by atoms with Crippen molar-refractivity contribution in [3.63, 3.8) is 0 Å². The van der Waals surface area contributed by atoms with Gasteiger partial charge in [0.2, 0.25) is 0 Å². The first-order chi connectivity index (χ1) is 4.18. The molecule has 0 aromatic rings. The van der Waals surface area contributed by atoms with Gasteiger partial charge in [0, 0.05) is 7.11 Å². The molecule has 0 aromatic heterocycles. The van der Waals surface area contributed by atoms with E-state index in [0.717, 1.165) is 0 Å². The predicted octanol–water partition coefficient (Wildman–Crippen LogP) is -0.770. The zero-order valence-corrected chi connectivity index (χ0v) is 5.42. The van der Waals surface area contributed by atoms with Crippen LogP contribution in [0.15, 0.2) is 0 Å². The summed E-state index contributed by atoms with van der Waals surface area (Å²) in [4.78, 5) is 10.1. The van der Waals surface area contributed by atoms with Crippen LogP contribution in [0.1, 0.15) is 6.92 Å². The van der Waals surface area contributed by atoms with Gasteiger partial charge in [-0.25, -0.2) is 0 Å². The lowest BCUT2D eigenvalue weighted by Gasteiger charge is -2.04. The van der Waals surface area contributed by atoms with Crippen LogP contribution in [-0.2, 0) is 9.45 Å². The van der Waals surface area contributed by atoms with Crippen LogP contribution < -0.4 is 5.23 Å². The van der Waals surface area contributed by atoms with Crippen molar-refractivity contribution in [3.8, 4) is 0 Å². The molecule has 0 spiro atoms. The minimum atomic E-state index is -0.900. The van der Waals surface area contributed by atoms with Crippen LogP contribution in [0.2, 0.25) is 0 Å². The Balaban J connectivity index is 3.27. The molecule has 0 aliphatic carbocycles. The summed E-state index contributed by atoms with van der Waals surface area (Å²) in [5.74, 6) is -0.900. The fourth-order valence-corrected chi connectivity index (χ4v) is 0.241. The third kappa shape index (κ3) is 3.99. The van der Waals surface area contributed by atoms with Crippen molar-refractivity contribution in [3.05, 3.63) is 0 Å². The molecule has 1 unspecified atom stereocenters. The van der Waals surface area contributed by atoms with E-state index in [2.05, 4.69) is 9.88 Å². The third-order valence-electron chi connectivity index (χ3n) is 0.806. The van der Waals surface area contributed by atoms with Crippen molar-refractivity contribution < 1.29 is 14.6 Å². The highest BCUT2D eigenvalue weighted by Gasteiger charge is 2.08. The normalized spacial score (nSPS) is 12.7. The monoisotopic (exact) mass is 130 g/mol. The van der Waals surface area contributed by atoms with Crippen LogP contribution in [0.3, 0.4) is 0 Å². The first kappa shape index (κ1) is 8.45. The predicted molar refractivity (Wildman–Crippen MR) is 33.0 cm³/mol. The zero-order valence-electron chi connectivity index (χ0n) is 5.42. The second-order valence-electron chi connectivity index (χ2n) is 1.58. The number of carboxylic acid groups (broad SMARTS) is 1. The Kier molecular flexibility index (Phi) is 4.08. The van der Waals surface area contributed by atoms with Crippen molar-refractivity contribution in [2.75, 3.05) is 7.11 Å². The van der Waals surface area contributed by atoms with E-state index >= 15 is 0 Å². The molecule has 0 saturated heterocycles. The second-order valence-corrected chi connectivity index (χ2v) is 1.58. The number of aliphatic carboxylic acids is 1. The fraction of sp³-hybridized carbons (Fsp3) is 0.750. The first-order valence-corrected chi connectivity index (χ1v) is 2.52. The fourth-order valence-electron chi connectivity index (χ4n) is 0.241. The van der Waals surface area contributed by atoms with E-state index in [1.807, 2.05) is 0 Å². The van der Waals surface area contributed by atoms with Gasteiger partial charge in [0.1, 0.15) is 0 Å². The highest BCUT2D eigenvalue weighted by molar-refractivity contribution is 6.24. The van der Waals surface area contributed by atoms with Gasteiger partial charge in [0.05, 0.1) is 6.04 Å². The standard InChI is InChI=1S/C4H9BNO3/c1-3(4(7)8)6-5-9-2/h3,6H,1-2H3,(H,7,8). The number of nitrogens with one attached hydrogen (secondary N) is 1. The third-order valence-corrected chi connectivity index (χ3v) is 0.806. The van der Waals surface area contributed by atoms with E-state index in [9.17, 15) is 4.79 Å². The average Bonchev–Trinajstić information content (AvgIpc) is 1.82. The molecule has 0 fully saturated rings. The Morgan fingerprint density at radius 3 is 2.78 bits per heavy atom. The molecular formula is C4H9BNO3. The lowest BCUT2D eigenvalue weighted by Crippen LogP contribution is -2.37. The van der Waals surface area contributed by atoms with Crippen LogP contribution in [0.5, 0.6) is 0 Å². The number of hydrogen-bond acceptors (Lipinski definition) is 3. The van der Waals surface area contributed by atoms with Crippen LogP contribution in [0, 0.1) is 0 Å². The molecule has 0 amide bonds. The Bertz CT molecular complexity index is 97.8. The Labute approximate surface area is 54.5 Å². The molecule has 0 aliphatic rings. The minimum Gasteiger partial charge on any atom is -0.480 e. The van der Waals surface area contributed by atoms with Crippen molar-refractivity contribution in [1.29, 1.82) is 0 Å². The van der Waals surface area contributed by atoms with Crippen molar-refractivity contribution >= 4 is 13.6 Å². The molecule has 5 heteroatoms. The summed E-state index contributed by atoms with van der Waals surface area (Å²) < 4.78 is 4.46. The largest absolute Gasteiger partial charge is 0.480 e. The molecule has 0 saturated carbocycles. The lowest BCUT2D eigenvalue weighted by atomic mass is 10.2. The molecule has 0 aliphatic heterocycles. The highest BCUT2D eigenvalue weighted by atomic mass is 16.4. The van der Waals surface area contributed by atoms with Crippen molar-refractivity contribution in [2.24, 2.45) is 0 Å². The van der Waals surface area contributed by atoms with Gasteiger partial charge in [-0.15, -0.1) is 0 Å². The van der Waals surface area contributed by atoms with Crippen LogP contribution >= 0.6 is 0 Å². The molecule has 9 heavy (non-hydrogen) atoms. The second kappa shape index (κ2) is 4.35. The lowest BCUT2D eigenvalue weighted by molar-refractivity contribution is -0.138. The van der Waals surface area contributed by atoms with Crippen LogP contribution in [-0.4, -0.2) is 31.8 Å². The molecular weight excluding hydrogens is 121 g/mol. The summed E-state index contributed by atoms with van der Waals surface area (Å²) in [5, 5.41) is 10.8. The highest BCUT2D eigenvalue weighted by Crippen LogP contribution is 1.76. The minimum absolute atomic E-state index is 0.593. The summed E-state index contributed by atoms with van der Waals surface area (Å²) in [6.45, 7) is 1.53. The van der Waals surface area contributed by atoms with Gasteiger partial charge >= 0.3 is 13.6 Å². The van der Waals surface area contributed by atoms with Gasteiger partial charge < -0.3 is 15.0 Å². The Morgan fingerprint density at radius 2 is 2.44 bits per heavy atom. The molecule has 0 heterocycles. The SMILES string of the molecule is CO[B]NC(C)C(=O)O. The van der Waals surface area contributed by atoms with E-state index in [1.54, 1.807) is 0 Å². The molecule has 0 rings (SSSR count). The number of carbonyl (C=O) groups is 1. The maximum Gasteiger partial charge on any atom is 0.396 e. The van der Waals surface area contributed by atoms with Crippen LogP contribution in [0.4, 0.5) is 0 Å². The van der Waals surface area contributed by atoms with Gasteiger partial charge in [-0.1, -0.05) is 0 Å². The topological polar surface area (TPSA) is 58.6 Å². The number of hydrogen-bond donors (Lipinski definition) is 2. The van der Waals surface area contributed by atoms with E-state index < -0.39 is 12.0 Å². The molecule has 2 N–H and O–H groups in total. The summed E-state index contributed by atoms with van der Waals surface area (Å²) >= 11 is 0. The number of carboxylic acids is 1. The summed E-state index contributed by atoms with van der Waals surface area (Å²) in [6, 6.07) is -0.593. The van der Waals surface area contributed by atoms with Gasteiger partial charge in [-0.3, -0.25) is 4.79 Å². The average molecular weight is 130 g/mol. The molecule has 1 atom stereocenters. The Morgan fingerprint density at radius 1 is 1.89 bits per heavy atom. The van der Waals surface area contributed by atoms with E-state index in [0.29, 0.717) is 0 Å². The summed E-state index contributed by atoms with van der Waals surface area (Å²) in [6.07, 6.45) is 0.